The number of para-hydroxylation sites is 1. The number of unbranched alkanes of at least 4 members (excludes halogenated alkanes) is 3. The average Bonchev–Trinajstić information content (AvgIpc) is 3.55. The van der Waals surface area contributed by atoms with Gasteiger partial charge in [0.25, 0.3) is 5.56 Å². The number of aromatic nitrogens is 1. The lowest BCUT2D eigenvalue weighted by atomic mass is 10.0. The van der Waals surface area contributed by atoms with E-state index in [1.165, 1.54) is 22.2 Å². The maximum absolute atomic E-state index is 13.3. The van der Waals surface area contributed by atoms with Gasteiger partial charge in [-0.1, -0.05) is 18.6 Å². The first kappa shape index (κ1) is 29.8. The molecule has 0 aliphatic carbocycles. The van der Waals surface area contributed by atoms with Gasteiger partial charge in [-0.05, 0) is 55.8 Å². The lowest BCUT2D eigenvalue weighted by molar-refractivity contribution is -0.137. The van der Waals surface area contributed by atoms with Gasteiger partial charge in [-0.3, -0.25) is 13.5 Å². The number of urea groups is 1. The molecule has 4 N–H and O–H groups in total. The number of thioether (sulfide) groups is 1. The molecule has 1 aromatic carbocycles. The Hall–Kier alpha value is -3.18. The predicted molar refractivity (Wildman–Crippen MR) is 149 cm³/mol. The van der Waals surface area contributed by atoms with Crippen LogP contribution in [0.25, 0.3) is 0 Å². The van der Waals surface area contributed by atoms with Crippen LogP contribution in [0.15, 0.2) is 29.1 Å². The van der Waals surface area contributed by atoms with Gasteiger partial charge in [-0.25, -0.2) is 4.79 Å². The second-order valence-electron chi connectivity index (χ2n) is 9.76. The number of alkyl halides is 3. The van der Waals surface area contributed by atoms with E-state index in [2.05, 4.69) is 21.3 Å². The van der Waals surface area contributed by atoms with Crippen LogP contribution in [0.4, 0.5) is 28.7 Å². The van der Waals surface area contributed by atoms with Crippen molar-refractivity contribution >= 4 is 45.9 Å². The summed E-state index contributed by atoms with van der Waals surface area (Å²) in [7, 11) is 0. The summed E-state index contributed by atoms with van der Waals surface area (Å²) in [4.78, 5) is 36.2. The van der Waals surface area contributed by atoms with Crippen molar-refractivity contribution < 1.29 is 22.8 Å². The molecule has 1 aromatic heterocycles. The first-order valence-corrected chi connectivity index (χ1v) is 15.0. The molecular weight excluding hydrogens is 565 g/mol. The Morgan fingerprint density at radius 2 is 1.93 bits per heavy atom. The Balaban J connectivity index is 1.13. The third kappa shape index (κ3) is 7.51. The molecule has 14 heteroatoms. The highest BCUT2D eigenvalue weighted by Crippen LogP contribution is 2.37. The Kier molecular flexibility index (Phi) is 10.0. The van der Waals surface area contributed by atoms with Crippen molar-refractivity contribution in [2.75, 3.05) is 17.6 Å². The molecule has 0 unspecified atom stereocenters. The molecule has 2 fully saturated rings. The molecule has 2 aliphatic heterocycles. The van der Waals surface area contributed by atoms with Gasteiger partial charge in [0.05, 0.1) is 23.3 Å². The van der Waals surface area contributed by atoms with E-state index in [1.54, 1.807) is 6.07 Å². The van der Waals surface area contributed by atoms with Crippen LogP contribution in [0.1, 0.15) is 56.1 Å². The van der Waals surface area contributed by atoms with Gasteiger partial charge in [-0.15, -0.1) is 0 Å². The number of carbonyl (C=O) groups excluding carboxylic acids is 2. The lowest BCUT2D eigenvalue weighted by Crippen LogP contribution is -2.36. The van der Waals surface area contributed by atoms with Crippen LogP contribution in [0, 0.1) is 11.3 Å². The highest BCUT2D eigenvalue weighted by molar-refractivity contribution is 8.00. The summed E-state index contributed by atoms with van der Waals surface area (Å²) in [6.07, 6.45) is 0.603. The molecule has 4 rings (SSSR count). The Bertz CT molecular complexity index is 1310. The number of hydrogen-bond donors (Lipinski definition) is 4. The molecule has 3 heterocycles. The molecule has 3 amide bonds. The van der Waals surface area contributed by atoms with Crippen LogP contribution >= 0.6 is 23.3 Å². The smallest absolute Gasteiger partial charge is 0.356 e. The van der Waals surface area contributed by atoms with Gasteiger partial charge in [-0.2, -0.15) is 30.2 Å². The summed E-state index contributed by atoms with van der Waals surface area (Å²) in [5.41, 5.74) is -1.85. The Morgan fingerprint density at radius 3 is 2.70 bits per heavy atom. The van der Waals surface area contributed by atoms with E-state index in [-0.39, 0.29) is 40.3 Å². The largest absolute Gasteiger partial charge is 0.418 e. The summed E-state index contributed by atoms with van der Waals surface area (Å²) in [5.74, 6) is 0.916. The molecule has 2 aromatic rings. The molecule has 0 saturated carbocycles. The minimum atomic E-state index is -4.58. The topological polar surface area (TPSA) is 128 Å². The van der Waals surface area contributed by atoms with Crippen LogP contribution in [-0.2, 0) is 17.5 Å². The number of nitrogens with zero attached hydrogens (tertiary/aromatic N) is 2. The number of anilines is 2. The summed E-state index contributed by atoms with van der Waals surface area (Å²) in [6, 6.07) is 7.00. The summed E-state index contributed by atoms with van der Waals surface area (Å²) in [6.45, 7) is 0.842. The van der Waals surface area contributed by atoms with E-state index in [4.69, 9.17) is 0 Å². The van der Waals surface area contributed by atoms with Gasteiger partial charge in [0.2, 0.25) is 5.91 Å². The van der Waals surface area contributed by atoms with Crippen molar-refractivity contribution in [2.24, 2.45) is 0 Å². The summed E-state index contributed by atoms with van der Waals surface area (Å²) < 4.78 is 41.3. The number of rotatable bonds is 13. The third-order valence-corrected chi connectivity index (χ3v) is 9.47. The first-order chi connectivity index (χ1) is 19.2. The minimum Gasteiger partial charge on any atom is -0.356 e. The van der Waals surface area contributed by atoms with Crippen molar-refractivity contribution in [2.45, 2.75) is 75.0 Å². The number of carbonyl (C=O) groups is 2. The van der Waals surface area contributed by atoms with Gasteiger partial charge >= 0.3 is 12.2 Å². The van der Waals surface area contributed by atoms with Gasteiger partial charge in [0, 0.05) is 30.5 Å². The highest BCUT2D eigenvalue weighted by Gasteiger charge is 2.42. The minimum absolute atomic E-state index is 0.00391. The number of halogens is 3. The van der Waals surface area contributed by atoms with E-state index in [0.717, 1.165) is 55.5 Å². The van der Waals surface area contributed by atoms with Crippen LogP contribution in [-0.4, -0.2) is 45.5 Å². The van der Waals surface area contributed by atoms with Crippen LogP contribution in [0.3, 0.4) is 0 Å². The second kappa shape index (κ2) is 13.5. The second-order valence-corrected chi connectivity index (χ2v) is 12.1. The number of aryl methyl sites for hydroxylation is 1. The van der Waals surface area contributed by atoms with Gasteiger partial charge in [0.1, 0.15) is 11.1 Å². The van der Waals surface area contributed by atoms with Gasteiger partial charge < -0.3 is 21.3 Å². The Morgan fingerprint density at radius 1 is 1.12 bits per heavy atom. The molecule has 2 aliphatic rings. The monoisotopic (exact) mass is 596 g/mol. The molecule has 0 bridgehead atoms. The van der Waals surface area contributed by atoms with Crippen LogP contribution in [0.5, 0.6) is 0 Å². The SMILES string of the molecule is N#Cc1c(Nc2ccccc2C(F)(F)F)sn(CCCCCNC(=O)CCCC[C@@H]2SC[C@@H]3NC(=O)N[C@@H]32)c1=O. The van der Waals surface area contributed by atoms with E-state index >= 15 is 0 Å². The van der Waals surface area contributed by atoms with Crippen molar-refractivity contribution in [3.8, 4) is 6.07 Å². The fourth-order valence-electron chi connectivity index (χ4n) is 4.86. The van der Waals surface area contributed by atoms with E-state index in [9.17, 15) is 32.8 Å². The lowest BCUT2D eigenvalue weighted by Gasteiger charge is -2.16. The molecule has 0 spiro atoms. The van der Waals surface area contributed by atoms with E-state index < -0.39 is 17.3 Å². The number of nitrogens with one attached hydrogen (secondary N) is 4. The number of hydrogen-bond acceptors (Lipinski definition) is 7. The zero-order valence-corrected chi connectivity index (χ0v) is 23.3. The molecule has 2 saturated heterocycles. The normalized spacial score (nSPS) is 19.9. The quantitative estimate of drug-likeness (QED) is 0.198. The highest BCUT2D eigenvalue weighted by atomic mass is 32.2. The van der Waals surface area contributed by atoms with E-state index in [1.807, 2.05) is 11.8 Å². The standard InChI is InChI=1S/C26H31F3N6O3S2/c27-26(28,29)17-8-2-3-9-18(17)32-23-16(14-30)24(37)35(40-23)13-7-1-6-12-31-21(36)11-5-4-10-20-22-19(15-39-20)33-25(38)34-22/h2-3,8-9,19-20,22,32H,1,4-7,10-13,15H2,(H,31,36)(H2,33,34,38)/t19-,20-,22-/m0/s1. The third-order valence-electron chi connectivity index (χ3n) is 6.90. The maximum Gasteiger partial charge on any atom is 0.418 e. The Labute approximate surface area is 238 Å². The average molecular weight is 597 g/mol. The number of fused-ring (bicyclic) bond motifs is 1. The number of amides is 3. The zero-order valence-electron chi connectivity index (χ0n) is 21.7. The van der Waals surface area contributed by atoms with Crippen molar-refractivity contribution in [1.82, 2.24) is 19.9 Å². The van der Waals surface area contributed by atoms with Crippen molar-refractivity contribution in [3.63, 3.8) is 0 Å². The molecule has 3 atom stereocenters. The van der Waals surface area contributed by atoms with Gasteiger partial charge in [0.15, 0.2) is 5.56 Å². The van der Waals surface area contributed by atoms with E-state index in [0.29, 0.717) is 31.2 Å². The molecule has 9 nitrogen and oxygen atoms in total. The summed E-state index contributed by atoms with van der Waals surface area (Å²) >= 11 is 2.79. The maximum atomic E-state index is 13.3. The fourth-order valence-corrected chi connectivity index (χ4v) is 7.40. The van der Waals surface area contributed by atoms with Crippen molar-refractivity contribution in [3.05, 3.63) is 45.7 Å². The molecule has 216 valence electrons. The summed E-state index contributed by atoms with van der Waals surface area (Å²) in [5, 5.41) is 21.3. The van der Waals surface area contributed by atoms with Crippen LogP contribution < -0.4 is 26.8 Å². The number of nitriles is 1. The fraction of sp³-hybridized carbons (Fsp3) is 0.538. The van der Waals surface area contributed by atoms with Crippen LogP contribution in [0.2, 0.25) is 0 Å². The molecular formula is C26H31F3N6O3S2. The zero-order chi connectivity index (χ0) is 28.7. The first-order valence-electron chi connectivity index (χ1n) is 13.2. The molecule has 0 radical (unpaired) electrons. The number of benzene rings is 1. The van der Waals surface area contributed by atoms with Crippen molar-refractivity contribution in [1.29, 1.82) is 5.26 Å². The molecule has 40 heavy (non-hydrogen) atoms. The predicted octanol–water partition coefficient (Wildman–Crippen LogP) is 4.56.